The van der Waals surface area contributed by atoms with Crippen molar-refractivity contribution in [1.82, 2.24) is 4.98 Å². The van der Waals surface area contributed by atoms with E-state index in [2.05, 4.69) is 20.9 Å². The highest BCUT2D eigenvalue weighted by atomic mass is 79.9. The number of hydrogen-bond acceptors (Lipinski definition) is 3. The molecule has 6 heteroatoms. The van der Waals surface area contributed by atoms with Crippen molar-refractivity contribution in [3.8, 4) is 0 Å². The Morgan fingerprint density at radius 3 is 2.50 bits per heavy atom. The molecule has 0 amide bonds. The van der Waals surface area contributed by atoms with Gasteiger partial charge in [0.1, 0.15) is 0 Å². The molecule has 0 atom stereocenters. The number of hydrogen-bond donors (Lipinski definition) is 0. The van der Waals surface area contributed by atoms with Gasteiger partial charge in [-0.25, -0.2) is 13.4 Å². The smallest absolute Gasteiger partial charge is 0.240 e. The molecule has 0 bridgehead atoms. The van der Waals surface area contributed by atoms with Crippen LogP contribution in [0.1, 0.15) is 5.69 Å². The number of rotatable bonds is 1. The average molecular weight is 271 g/mol. The minimum atomic E-state index is -3.72. The molecule has 12 heavy (non-hydrogen) atoms. The van der Waals surface area contributed by atoms with Crippen LogP contribution in [0.15, 0.2) is 21.6 Å². The first kappa shape index (κ1) is 9.95. The molecule has 0 radical (unpaired) electrons. The van der Waals surface area contributed by atoms with Crippen LogP contribution >= 0.6 is 26.6 Å². The summed E-state index contributed by atoms with van der Waals surface area (Å²) in [5, 5.41) is -0.129. The Kier molecular flexibility index (Phi) is 2.75. The summed E-state index contributed by atoms with van der Waals surface area (Å²) in [5.41, 5.74) is 0.601. The summed E-state index contributed by atoms with van der Waals surface area (Å²) in [6, 6.07) is 3.06. The molecular formula is C6H5BrClNO2S. The lowest BCUT2D eigenvalue weighted by atomic mass is 10.4. The van der Waals surface area contributed by atoms with Crippen molar-refractivity contribution >= 4 is 35.7 Å². The Morgan fingerprint density at radius 2 is 2.08 bits per heavy atom. The van der Waals surface area contributed by atoms with Crippen LogP contribution in [0.3, 0.4) is 0 Å². The zero-order valence-electron chi connectivity index (χ0n) is 6.08. The van der Waals surface area contributed by atoms with Crippen LogP contribution in [0.5, 0.6) is 0 Å². The van der Waals surface area contributed by atoms with Gasteiger partial charge >= 0.3 is 0 Å². The molecule has 0 N–H and O–H groups in total. The SMILES string of the molecule is Cc1cc(Br)cc(S(=O)(=O)Cl)n1. The van der Waals surface area contributed by atoms with E-state index >= 15 is 0 Å². The predicted molar refractivity (Wildman–Crippen MR) is 49.7 cm³/mol. The Hall–Kier alpha value is -0.130. The first-order valence-corrected chi connectivity index (χ1v) is 6.08. The van der Waals surface area contributed by atoms with Gasteiger partial charge in [0, 0.05) is 20.8 Å². The van der Waals surface area contributed by atoms with Crippen LogP contribution in [0.2, 0.25) is 0 Å². The Balaban J connectivity index is 3.37. The van der Waals surface area contributed by atoms with E-state index in [-0.39, 0.29) is 5.03 Å². The van der Waals surface area contributed by atoms with Crippen LogP contribution in [-0.2, 0) is 9.05 Å². The fourth-order valence-electron chi connectivity index (χ4n) is 0.722. The largest absolute Gasteiger partial charge is 0.278 e. The van der Waals surface area contributed by atoms with E-state index in [0.29, 0.717) is 10.2 Å². The topological polar surface area (TPSA) is 47.0 Å². The van der Waals surface area contributed by atoms with Gasteiger partial charge in [-0.2, -0.15) is 0 Å². The molecule has 1 aromatic rings. The van der Waals surface area contributed by atoms with E-state index in [1.165, 1.54) is 6.07 Å². The fraction of sp³-hybridized carbons (Fsp3) is 0.167. The number of aromatic nitrogens is 1. The molecule has 0 aliphatic heterocycles. The molecule has 0 fully saturated rings. The quantitative estimate of drug-likeness (QED) is 0.734. The van der Waals surface area contributed by atoms with Crippen LogP contribution in [0.4, 0.5) is 0 Å². The zero-order valence-corrected chi connectivity index (χ0v) is 9.24. The first-order valence-electron chi connectivity index (χ1n) is 2.98. The minimum absolute atomic E-state index is 0.129. The van der Waals surface area contributed by atoms with Gasteiger partial charge in [-0.1, -0.05) is 15.9 Å². The highest BCUT2D eigenvalue weighted by Crippen LogP contribution is 2.18. The maximum atomic E-state index is 10.8. The van der Waals surface area contributed by atoms with Crippen LogP contribution in [0, 0.1) is 6.92 Å². The average Bonchev–Trinajstić information content (AvgIpc) is 1.82. The first-order chi connectivity index (χ1) is 5.39. The highest BCUT2D eigenvalue weighted by molar-refractivity contribution is 9.10. The third-order valence-corrected chi connectivity index (χ3v) is 2.79. The van der Waals surface area contributed by atoms with E-state index in [1.807, 2.05) is 0 Å². The van der Waals surface area contributed by atoms with E-state index in [0.717, 1.165) is 0 Å². The predicted octanol–water partition coefficient (Wildman–Crippen LogP) is 2.08. The van der Waals surface area contributed by atoms with E-state index < -0.39 is 9.05 Å². The van der Waals surface area contributed by atoms with Crippen LogP contribution in [-0.4, -0.2) is 13.4 Å². The summed E-state index contributed by atoms with van der Waals surface area (Å²) in [7, 11) is 1.37. The maximum absolute atomic E-state index is 10.8. The molecular weight excluding hydrogens is 265 g/mol. The molecule has 0 saturated heterocycles. The number of nitrogens with zero attached hydrogens (tertiary/aromatic N) is 1. The van der Waals surface area contributed by atoms with Gasteiger partial charge in [0.15, 0.2) is 5.03 Å². The molecule has 0 spiro atoms. The minimum Gasteiger partial charge on any atom is -0.240 e. The van der Waals surface area contributed by atoms with Gasteiger partial charge in [0.05, 0.1) is 0 Å². The van der Waals surface area contributed by atoms with E-state index in [4.69, 9.17) is 10.7 Å². The third-order valence-electron chi connectivity index (χ3n) is 1.14. The molecule has 1 aromatic heterocycles. The van der Waals surface area contributed by atoms with Crippen molar-refractivity contribution in [2.75, 3.05) is 0 Å². The van der Waals surface area contributed by atoms with E-state index in [1.54, 1.807) is 13.0 Å². The summed E-state index contributed by atoms with van der Waals surface area (Å²) < 4.78 is 22.3. The molecule has 0 aliphatic rings. The third kappa shape index (κ3) is 2.43. The van der Waals surface area contributed by atoms with Crippen molar-refractivity contribution in [2.45, 2.75) is 11.9 Å². The van der Waals surface area contributed by atoms with Gasteiger partial charge in [-0.05, 0) is 19.1 Å². The fourth-order valence-corrected chi connectivity index (χ4v) is 2.18. The summed E-state index contributed by atoms with van der Waals surface area (Å²) in [6.07, 6.45) is 0. The monoisotopic (exact) mass is 269 g/mol. The van der Waals surface area contributed by atoms with Crippen molar-refractivity contribution in [2.24, 2.45) is 0 Å². The zero-order chi connectivity index (χ0) is 9.35. The second-order valence-corrected chi connectivity index (χ2v) is 5.63. The second kappa shape index (κ2) is 3.32. The number of pyridine rings is 1. The van der Waals surface area contributed by atoms with Gasteiger partial charge < -0.3 is 0 Å². The summed E-state index contributed by atoms with van der Waals surface area (Å²) in [4.78, 5) is 3.76. The van der Waals surface area contributed by atoms with E-state index in [9.17, 15) is 8.42 Å². The Morgan fingerprint density at radius 1 is 1.50 bits per heavy atom. The molecule has 0 unspecified atom stereocenters. The molecule has 0 aliphatic carbocycles. The van der Waals surface area contributed by atoms with Crippen molar-refractivity contribution < 1.29 is 8.42 Å². The van der Waals surface area contributed by atoms with Gasteiger partial charge in [-0.3, -0.25) is 0 Å². The Labute approximate surface area is 83.3 Å². The molecule has 0 saturated carbocycles. The van der Waals surface area contributed by atoms with Crippen molar-refractivity contribution in [3.63, 3.8) is 0 Å². The summed E-state index contributed by atoms with van der Waals surface area (Å²) in [6.45, 7) is 1.69. The van der Waals surface area contributed by atoms with Gasteiger partial charge in [0.2, 0.25) is 0 Å². The summed E-state index contributed by atoms with van der Waals surface area (Å²) >= 11 is 3.14. The number of aryl methyl sites for hydroxylation is 1. The molecule has 66 valence electrons. The standard InChI is InChI=1S/C6H5BrClNO2S/c1-4-2-5(7)3-6(9-4)12(8,10)11/h2-3H,1H3. The van der Waals surface area contributed by atoms with Crippen molar-refractivity contribution in [1.29, 1.82) is 0 Å². The lowest BCUT2D eigenvalue weighted by Crippen LogP contribution is -1.96. The molecule has 0 aromatic carbocycles. The molecule has 1 rings (SSSR count). The molecule has 3 nitrogen and oxygen atoms in total. The normalized spacial score (nSPS) is 11.6. The lowest BCUT2D eigenvalue weighted by Gasteiger charge is -1.98. The van der Waals surface area contributed by atoms with Crippen molar-refractivity contribution in [3.05, 3.63) is 22.3 Å². The maximum Gasteiger partial charge on any atom is 0.278 e. The summed E-state index contributed by atoms with van der Waals surface area (Å²) in [5.74, 6) is 0. The van der Waals surface area contributed by atoms with Crippen LogP contribution in [0.25, 0.3) is 0 Å². The van der Waals surface area contributed by atoms with Gasteiger partial charge in [-0.15, -0.1) is 0 Å². The molecule has 1 heterocycles. The second-order valence-electron chi connectivity index (χ2n) is 2.20. The number of halogens is 2. The van der Waals surface area contributed by atoms with Crippen LogP contribution < -0.4 is 0 Å². The highest BCUT2D eigenvalue weighted by Gasteiger charge is 2.12. The van der Waals surface area contributed by atoms with Gasteiger partial charge in [0.25, 0.3) is 9.05 Å². The Bertz CT molecular complexity index is 384. The lowest BCUT2D eigenvalue weighted by molar-refractivity contribution is 0.605.